The number of hydrogen-bond donors (Lipinski definition) is 1. The number of piperazine rings is 1. The van der Waals surface area contributed by atoms with Gasteiger partial charge in [-0.3, -0.25) is 9.59 Å². The molecule has 0 radical (unpaired) electrons. The van der Waals surface area contributed by atoms with Crippen molar-refractivity contribution in [2.24, 2.45) is 5.92 Å². The Kier molecular flexibility index (Phi) is 6.41. The molecule has 2 heterocycles. The van der Waals surface area contributed by atoms with E-state index in [1.165, 1.54) is 6.08 Å². The molecule has 1 aromatic carbocycles. The van der Waals surface area contributed by atoms with Crippen LogP contribution in [0.25, 0.3) is 6.08 Å². The first-order valence-electron chi connectivity index (χ1n) is 9.30. The zero-order valence-corrected chi connectivity index (χ0v) is 16.8. The summed E-state index contributed by atoms with van der Waals surface area (Å²) in [6.45, 7) is 6.67. The monoisotopic (exact) mass is 401 g/mol. The molecule has 0 unspecified atom stereocenters. The molecule has 1 aliphatic rings. The summed E-state index contributed by atoms with van der Waals surface area (Å²) in [5.74, 6) is 0.547. The van der Waals surface area contributed by atoms with Crippen molar-refractivity contribution in [1.29, 1.82) is 0 Å². The summed E-state index contributed by atoms with van der Waals surface area (Å²) in [5, 5.41) is 3.35. The number of carbonyl (C=O) groups excluding carboxylic acids is 2. The van der Waals surface area contributed by atoms with Gasteiger partial charge < -0.3 is 19.5 Å². The van der Waals surface area contributed by atoms with E-state index in [9.17, 15) is 9.59 Å². The number of halogens is 1. The highest BCUT2D eigenvalue weighted by molar-refractivity contribution is 6.33. The van der Waals surface area contributed by atoms with E-state index in [1.807, 2.05) is 30.9 Å². The molecule has 148 valence electrons. The molecule has 0 atom stereocenters. The van der Waals surface area contributed by atoms with Crippen LogP contribution >= 0.6 is 11.6 Å². The Hall–Kier alpha value is -2.73. The number of furan rings is 1. The van der Waals surface area contributed by atoms with Crippen LogP contribution in [0, 0.1) is 5.92 Å². The molecule has 6 nitrogen and oxygen atoms in total. The van der Waals surface area contributed by atoms with Crippen LogP contribution in [-0.2, 0) is 9.59 Å². The van der Waals surface area contributed by atoms with E-state index in [2.05, 4.69) is 10.2 Å². The zero-order valence-electron chi connectivity index (χ0n) is 16.0. The summed E-state index contributed by atoms with van der Waals surface area (Å²) >= 11 is 6.45. The second-order valence-electron chi connectivity index (χ2n) is 6.97. The van der Waals surface area contributed by atoms with E-state index in [0.717, 1.165) is 18.8 Å². The summed E-state index contributed by atoms with van der Waals surface area (Å²) in [7, 11) is 0. The summed E-state index contributed by atoms with van der Waals surface area (Å²) in [6.07, 6.45) is 4.56. The average molecular weight is 402 g/mol. The summed E-state index contributed by atoms with van der Waals surface area (Å²) < 4.78 is 5.15. The van der Waals surface area contributed by atoms with Crippen molar-refractivity contribution in [2.45, 2.75) is 13.8 Å². The fraction of sp³-hybridized carbons (Fsp3) is 0.333. The lowest BCUT2D eigenvalue weighted by Gasteiger charge is -2.37. The largest absolute Gasteiger partial charge is 0.465 e. The normalized spacial score (nSPS) is 14.7. The van der Waals surface area contributed by atoms with E-state index >= 15 is 0 Å². The lowest BCUT2D eigenvalue weighted by atomic mass is 10.1. The molecule has 0 aliphatic carbocycles. The van der Waals surface area contributed by atoms with Crippen molar-refractivity contribution in [3.63, 3.8) is 0 Å². The highest BCUT2D eigenvalue weighted by Gasteiger charge is 2.23. The van der Waals surface area contributed by atoms with Crippen molar-refractivity contribution in [1.82, 2.24) is 4.90 Å². The lowest BCUT2D eigenvalue weighted by Crippen LogP contribution is -2.50. The molecular weight excluding hydrogens is 378 g/mol. The maximum atomic E-state index is 12.1. The summed E-state index contributed by atoms with van der Waals surface area (Å²) in [6, 6.07) is 8.99. The Morgan fingerprint density at radius 3 is 2.54 bits per heavy atom. The second-order valence-corrected chi connectivity index (χ2v) is 7.38. The minimum atomic E-state index is -0.263. The van der Waals surface area contributed by atoms with Gasteiger partial charge in [0.1, 0.15) is 5.76 Å². The number of rotatable bonds is 5. The fourth-order valence-electron chi connectivity index (χ4n) is 3.10. The number of hydrogen-bond acceptors (Lipinski definition) is 4. The molecule has 1 aliphatic heterocycles. The van der Waals surface area contributed by atoms with Crippen LogP contribution in [0.3, 0.4) is 0 Å². The Labute approximate surface area is 169 Å². The van der Waals surface area contributed by atoms with Crippen LogP contribution in [0.5, 0.6) is 0 Å². The maximum absolute atomic E-state index is 12.1. The van der Waals surface area contributed by atoms with E-state index < -0.39 is 0 Å². The van der Waals surface area contributed by atoms with Crippen LogP contribution in [-0.4, -0.2) is 42.9 Å². The highest BCUT2D eigenvalue weighted by atomic mass is 35.5. The molecule has 0 bridgehead atoms. The van der Waals surface area contributed by atoms with Gasteiger partial charge in [0.05, 0.1) is 17.0 Å². The molecule has 1 N–H and O–H groups in total. The molecule has 0 spiro atoms. The molecule has 0 saturated carbocycles. The van der Waals surface area contributed by atoms with Crippen LogP contribution in [0.2, 0.25) is 5.02 Å². The predicted octanol–water partition coefficient (Wildman–Crippen LogP) is 3.89. The van der Waals surface area contributed by atoms with E-state index in [0.29, 0.717) is 29.6 Å². The van der Waals surface area contributed by atoms with E-state index in [1.54, 1.807) is 30.5 Å². The van der Waals surface area contributed by atoms with Crippen molar-refractivity contribution < 1.29 is 14.0 Å². The SMILES string of the molecule is CC(C)C(=O)N1CCN(c2ccc(NC(=O)/C=C\c3ccco3)cc2Cl)CC1. The van der Waals surface area contributed by atoms with Gasteiger partial charge in [-0.05, 0) is 36.4 Å². The highest BCUT2D eigenvalue weighted by Crippen LogP contribution is 2.30. The molecular formula is C21H24ClN3O3. The molecule has 1 saturated heterocycles. The lowest BCUT2D eigenvalue weighted by molar-refractivity contribution is -0.134. The summed E-state index contributed by atoms with van der Waals surface area (Å²) in [4.78, 5) is 28.2. The molecule has 2 amide bonds. The number of nitrogens with zero attached hydrogens (tertiary/aromatic N) is 2. The second kappa shape index (κ2) is 8.97. The van der Waals surface area contributed by atoms with Gasteiger partial charge in [-0.1, -0.05) is 25.4 Å². The molecule has 1 aromatic heterocycles. The first-order valence-corrected chi connectivity index (χ1v) is 9.67. The topological polar surface area (TPSA) is 65.8 Å². The van der Waals surface area contributed by atoms with Gasteiger partial charge >= 0.3 is 0 Å². The van der Waals surface area contributed by atoms with Gasteiger partial charge in [0.2, 0.25) is 11.8 Å². The first-order chi connectivity index (χ1) is 13.4. The number of anilines is 2. The van der Waals surface area contributed by atoms with E-state index in [-0.39, 0.29) is 17.7 Å². The fourth-order valence-corrected chi connectivity index (χ4v) is 3.40. The van der Waals surface area contributed by atoms with Crippen molar-refractivity contribution in [2.75, 3.05) is 36.4 Å². The quantitative estimate of drug-likeness (QED) is 0.772. The maximum Gasteiger partial charge on any atom is 0.248 e. The Morgan fingerprint density at radius 1 is 1.18 bits per heavy atom. The molecule has 28 heavy (non-hydrogen) atoms. The van der Waals surface area contributed by atoms with Crippen molar-refractivity contribution in [3.05, 3.63) is 53.5 Å². The van der Waals surface area contributed by atoms with Crippen molar-refractivity contribution in [3.8, 4) is 0 Å². The van der Waals surface area contributed by atoms with E-state index in [4.69, 9.17) is 16.0 Å². The number of amides is 2. The Balaban J connectivity index is 1.58. The van der Waals surface area contributed by atoms with Gasteiger partial charge in [0.25, 0.3) is 0 Å². The molecule has 1 fully saturated rings. The smallest absolute Gasteiger partial charge is 0.248 e. The Morgan fingerprint density at radius 2 is 1.93 bits per heavy atom. The molecule has 3 rings (SSSR count). The van der Waals surface area contributed by atoms with Gasteiger partial charge in [-0.25, -0.2) is 0 Å². The predicted molar refractivity (Wildman–Crippen MR) is 111 cm³/mol. The third kappa shape index (κ3) is 4.95. The third-order valence-corrected chi connectivity index (χ3v) is 4.89. The third-order valence-electron chi connectivity index (χ3n) is 4.58. The van der Waals surface area contributed by atoms with Gasteiger partial charge in [-0.2, -0.15) is 0 Å². The average Bonchev–Trinajstić information content (AvgIpc) is 3.20. The Bertz CT molecular complexity index is 854. The minimum Gasteiger partial charge on any atom is -0.465 e. The number of carbonyl (C=O) groups is 2. The standard InChI is InChI=1S/C21H24ClN3O3/c1-15(2)21(27)25-11-9-24(10-12-25)19-7-5-16(14-18(19)22)23-20(26)8-6-17-4-3-13-28-17/h3-8,13-15H,9-12H2,1-2H3,(H,23,26)/b8-6-. The van der Waals surface area contributed by atoms with Crippen LogP contribution in [0.15, 0.2) is 47.1 Å². The first kappa shape index (κ1) is 20.0. The van der Waals surface area contributed by atoms with Crippen LogP contribution < -0.4 is 10.2 Å². The zero-order chi connectivity index (χ0) is 20.1. The number of nitrogens with one attached hydrogen (secondary N) is 1. The molecule has 7 heteroatoms. The van der Waals surface area contributed by atoms with Gasteiger partial charge in [-0.15, -0.1) is 0 Å². The van der Waals surface area contributed by atoms with Crippen molar-refractivity contribution >= 4 is 40.9 Å². The number of benzene rings is 1. The summed E-state index contributed by atoms with van der Waals surface area (Å²) in [5.41, 5.74) is 1.53. The molecule has 2 aromatic rings. The van der Waals surface area contributed by atoms with Gasteiger partial charge in [0.15, 0.2) is 0 Å². The van der Waals surface area contributed by atoms with Gasteiger partial charge in [0, 0.05) is 43.9 Å². The van der Waals surface area contributed by atoms with Crippen LogP contribution in [0.1, 0.15) is 19.6 Å². The minimum absolute atomic E-state index is 0.0138. The van der Waals surface area contributed by atoms with Crippen LogP contribution in [0.4, 0.5) is 11.4 Å².